The predicted octanol–water partition coefficient (Wildman–Crippen LogP) is 3.40. The minimum absolute atomic E-state index is 0.699. The Morgan fingerprint density at radius 3 is 2.74 bits per heavy atom. The fraction of sp³-hybridized carbons (Fsp3) is 0.389. The van der Waals surface area contributed by atoms with Crippen LogP contribution in [0.3, 0.4) is 0 Å². The molecule has 5 heteroatoms. The summed E-state index contributed by atoms with van der Waals surface area (Å²) in [7, 11) is 1.79. The minimum Gasteiger partial charge on any atom is -0.493 e. The number of guanidine groups is 1. The second-order valence-corrected chi connectivity index (χ2v) is 6.75. The molecule has 0 unspecified atom stereocenters. The molecule has 0 bridgehead atoms. The van der Waals surface area contributed by atoms with Gasteiger partial charge in [0.25, 0.3) is 0 Å². The quantitative estimate of drug-likeness (QED) is 0.604. The average Bonchev–Trinajstić information content (AvgIpc) is 3.27. The Kier molecular flexibility index (Phi) is 5.53. The highest BCUT2D eigenvalue weighted by molar-refractivity contribution is 7.09. The monoisotopic (exact) mass is 329 g/mol. The van der Waals surface area contributed by atoms with Crippen molar-refractivity contribution in [1.29, 1.82) is 0 Å². The molecule has 1 saturated carbocycles. The highest BCUT2D eigenvalue weighted by atomic mass is 32.1. The van der Waals surface area contributed by atoms with Crippen molar-refractivity contribution in [1.82, 2.24) is 10.6 Å². The molecule has 1 fully saturated rings. The molecule has 1 heterocycles. The normalized spacial score (nSPS) is 14.6. The molecule has 0 saturated heterocycles. The molecule has 2 N–H and O–H groups in total. The van der Waals surface area contributed by atoms with Crippen LogP contribution in [0.25, 0.3) is 0 Å². The van der Waals surface area contributed by atoms with E-state index in [2.05, 4.69) is 39.2 Å². The van der Waals surface area contributed by atoms with Crippen molar-refractivity contribution >= 4 is 17.3 Å². The Labute approximate surface area is 141 Å². The Balaban J connectivity index is 1.51. The van der Waals surface area contributed by atoms with Gasteiger partial charge in [-0.15, -0.1) is 11.3 Å². The number of aliphatic imine (C=N–C) groups is 1. The number of thiophene rings is 1. The van der Waals surface area contributed by atoms with E-state index in [1.807, 2.05) is 18.2 Å². The number of para-hydroxylation sites is 1. The predicted molar refractivity (Wildman–Crippen MR) is 96.0 cm³/mol. The fourth-order valence-electron chi connectivity index (χ4n) is 2.27. The van der Waals surface area contributed by atoms with E-state index in [1.165, 1.54) is 17.7 Å². The van der Waals surface area contributed by atoms with Gasteiger partial charge in [-0.3, -0.25) is 4.99 Å². The zero-order chi connectivity index (χ0) is 15.9. The zero-order valence-electron chi connectivity index (χ0n) is 13.4. The number of hydrogen-bond donors (Lipinski definition) is 2. The van der Waals surface area contributed by atoms with E-state index in [9.17, 15) is 0 Å². The van der Waals surface area contributed by atoms with Gasteiger partial charge in [0.15, 0.2) is 5.96 Å². The summed E-state index contributed by atoms with van der Waals surface area (Å²) in [6.07, 6.45) is 2.61. The van der Waals surface area contributed by atoms with E-state index in [1.54, 1.807) is 18.4 Å². The first kappa shape index (κ1) is 15.9. The Bertz CT molecular complexity index is 635. The third-order valence-corrected chi connectivity index (χ3v) is 4.70. The van der Waals surface area contributed by atoms with Gasteiger partial charge in [-0.2, -0.15) is 0 Å². The van der Waals surface area contributed by atoms with Crippen LogP contribution in [0.5, 0.6) is 5.75 Å². The van der Waals surface area contributed by atoms with E-state index < -0.39 is 0 Å². The van der Waals surface area contributed by atoms with Crippen LogP contribution in [0.2, 0.25) is 0 Å². The molecule has 122 valence electrons. The van der Waals surface area contributed by atoms with Crippen molar-refractivity contribution in [2.75, 3.05) is 13.7 Å². The van der Waals surface area contributed by atoms with Gasteiger partial charge in [0.1, 0.15) is 5.75 Å². The van der Waals surface area contributed by atoms with Crippen molar-refractivity contribution in [2.45, 2.75) is 25.9 Å². The first-order valence-electron chi connectivity index (χ1n) is 8.03. The topological polar surface area (TPSA) is 45.7 Å². The molecule has 1 aromatic heterocycles. The first-order chi connectivity index (χ1) is 11.3. The number of ether oxygens (including phenoxy) is 1. The molecule has 1 aliphatic carbocycles. The molecule has 4 nitrogen and oxygen atoms in total. The summed E-state index contributed by atoms with van der Waals surface area (Å²) >= 11 is 1.74. The number of nitrogens with one attached hydrogen (secondary N) is 2. The van der Waals surface area contributed by atoms with E-state index >= 15 is 0 Å². The summed E-state index contributed by atoms with van der Waals surface area (Å²) in [4.78, 5) is 5.57. The second-order valence-electron chi connectivity index (χ2n) is 5.72. The minimum atomic E-state index is 0.699. The van der Waals surface area contributed by atoms with Crippen LogP contribution in [0.4, 0.5) is 0 Å². The maximum absolute atomic E-state index is 5.95. The summed E-state index contributed by atoms with van der Waals surface area (Å²) in [6.45, 7) is 2.32. The van der Waals surface area contributed by atoms with Gasteiger partial charge in [-0.1, -0.05) is 24.3 Å². The maximum atomic E-state index is 5.95. The zero-order valence-corrected chi connectivity index (χ0v) is 14.2. The molecular weight excluding hydrogens is 306 g/mol. The molecule has 1 aromatic carbocycles. The molecule has 3 rings (SSSR count). The van der Waals surface area contributed by atoms with Gasteiger partial charge in [0.2, 0.25) is 0 Å². The Hall–Kier alpha value is -2.01. The summed E-state index contributed by atoms with van der Waals surface area (Å²) < 4.78 is 5.95. The third-order valence-electron chi connectivity index (χ3n) is 3.82. The van der Waals surface area contributed by atoms with Crippen LogP contribution < -0.4 is 15.4 Å². The third kappa shape index (κ3) is 4.99. The van der Waals surface area contributed by atoms with Crippen LogP contribution in [0.1, 0.15) is 23.3 Å². The smallest absolute Gasteiger partial charge is 0.191 e. The number of benzene rings is 1. The molecule has 1 aliphatic rings. The van der Waals surface area contributed by atoms with Crippen LogP contribution in [-0.2, 0) is 13.1 Å². The molecule has 0 radical (unpaired) electrons. The van der Waals surface area contributed by atoms with Crippen molar-refractivity contribution in [3.05, 3.63) is 52.2 Å². The first-order valence-corrected chi connectivity index (χ1v) is 8.90. The summed E-state index contributed by atoms with van der Waals surface area (Å²) in [5.74, 6) is 2.53. The number of rotatable bonds is 7. The van der Waals surface area contributed by atoms with E-state index in [0.29, 0.717) is 6.54 Å². The standard InChI is InChI=1S/C18H23N3OS/c1-19-18(21-12-16-6-4-10-23-16)20-11-15-5-2-3-7-17(15)22-13-14-8-9-14/h2-7,10,14H,8-9,11-13H2,1H3,(H2,19,20,21). The van der Waals surface area contributed by atoms with Crippen molar-refractivity contribution in [3.63, 3.8) is 0 Å². The summed E-state index contributed by atoms with van der Waals surface area (Å²) in [5.41, 5.74) is 1.16. The SMILES string of the molecule is CN=C(NCc1cccs1)NCc1ccccc1OCC1CC1. The lowest BCUT2D eigenvalue weighted by atomic mass is 10.2. The maximum Gasteiger partial charge on any atom is 0.191 e. The Morgan fingerprint density at radius 1 is 1.17 bits per heavy atom. The Morgan fingerprint density at radius 2 is 2.00 bits per heavy atom. The van der Waals surface area contributed by atoms with Gasteiger partial charge in [0.05, 0.1) is 13.2 Å². The van der Waals surface area contributed by atoms with Crippen LogP contribution in [0, 0.1) is 5.92 Å². The molecule has 0 atom stereocenters. The molecular formula is C18H23N3OS. The number of nitrogens with zero attached hydrogens (tertiary/aromatic N) is 1. The van der Waals surface area contributed by atoms with Gasteiger partial charge in [-0.25, -0.2) is 0 Å². The van der Waals surface area contributed by atoms with E-state index in [0.717, 1.165) is 36.3 Å². The highest BCUT2D eigenvalue weighted by Gasteiger charge is 2.22. The van der Waals surface area contributed by atoms with E-state index in [-0.39, 0.29) is 0 Å². The van der Waals surface area contributed by atoms with Gasteiger partial charge in [-0.05, 0) is 36.3 Å². The van der Waals surface area contributed by atoms with Gasteiger partial charge in [0, 0.05) is 24.0 Å². The largest absolute Gasteiger partial charge is 0.493 e. The van der Waals surface area contributed by atoms with E-state index in [4.69, 9.17) is 4.74 Å². The van der Waals surface area contributed by atoms with Crippen molar-refractivity contribution in [2.24, 2.45) is 10.9 Å². The summed E-state index contributed by atoms with van der Waals surface area (Å²) in [5, 5.41) is 8.77. The second kappa shape index (κ2) is 8.02. The van der Waals surface area contributed by atoms with Crippen molar-refractivity contribution < 1.29 is 4.74 Å². The lowest BCUT2D eigenvalue weighted by molar-refractivity contribution is 0.296. The lowest BCUT2D eigenvalue weighted by Gasteiger charge is -2.14. The summed E-state index contributed by atoms with van der Waals surface area (Å²) in [6, 6.07) is 12.4. The lowest BCUT2D eigenvalue weighted by Crippen LogP contribution is -2.36. The average molecular weight is 329 g/mol. The van der Waals surface area contributed by atoms with Crippen LogP contribution >= 0.6 is 11.3 Å². The molecule has 2 aromatic rings. The van der Waals surface area contributed by atoms with Crippen molar-refractivity contribution in [3.8, 4) is 5.75 Å². The molecule has 0 amide bonds. The van der Waals surface area contributed by atoms with Gasteiger partial charge < -0.3 is 15.4 Å². The van der Waals surface area contributed by atoms with Crippen LogP contribution in [0.15, 0.2) is 46.8 Å². The highest BCUT2D eigenvalue weighted by Crippen LogP contribution is 2.30. The molecule has 0 spiro atoms. The van der Waals surface area contributed by atoms with Gasteiger partial charge >= 0.3 is 0 Å². The number of hydrogen-bond acceptors (Lipinski definition) is 3. The van der Waals surface area contributed by atoms with Crippen LogP contribution in [-0.4, -0.2) is 19.6 Å². The fourth-order valence-corrected chi connectivity index (χ4v) is 2.91. The molecule has 0 aliphatic heterocycles. The molecule has 23 heavy (non-hydrogen) atoms.